The van der Waals surface area contributed by atoms with E-state index in [4.69, 9.17) is 16.0 Å². The lowest BCUT2D eigenvalue weighted by Crippen LogP contribution is -2.35. The van der Waals surface area contributed by atoms with Crippen molar-refractivity contribution in [1.29, 1.82) is 0 Å². The molecule has 1 saturated carbocycles. The van der Waals surface area contributed by atoms with Crippen LogP contribution in [0.15, 0.2) is 41.1 Å². The van der Waals surface area contributed by atoms with Crippen LogP contribution in [0.3, 0.4) is 0 Å². The van der Waals surface area contributed by atoms with Gasteiger partial charge in [0.15, 0.2) is 11.6 Å². The molecule has 1 aromatic carbocycles. The molecule has 0 amide bonds. The van der Waals surface area contributed by atoms with Gasteiger partial charge < -0.3 is 9.52 Å². The lowest BCUT2D eigenvalue weighted by Gasteiger charge is -2.26. The summed E-state index contributed by atoms with van der Waals surface area (Å²) in [5.74, 6) is -1.48. The molecule has 0 bridgehead atoms. The zero-order valence-electron chi connectivity index (χ0n) is 17.7. The summed E-state index contributed by atoms with van der Waals surface area (Å²) in [6, 6.07) is 5.11. The highest BCUT2D eigenvalue weighted by molar-refractivity contribution is 7.88. The number of benzene rings is 1. The second kappa shape index (κ2) is 9.00. The average molecular weight is 498 g/mol. The van der Waals surface area contributed by atoms with Crippen LogP contribution in [0.1, 0.15) is 36.4 Å². The molecule has 2 heterocycles. The molecular formula is C22H22ClF2N3O4S. The molecule has 1 aliphatic carbocycles. The molecule has 1 aliphatic rings. The molecule has 3 aromatic rings. The fourth-order valence-electron chi connectivity index (χ4n) is 4.42. The van der Waals surface area contributed by atoms with E-state index in [1.165, 1.54) is 24.5 Å². The number of alkyl halides is 1. The van der Waals surface area contributed by atoms with Crippen molar-refractivity contribution in [2.45, 2.75) is 43.0 Å². The lowest BCUT2D eigenvalue weighted by atomic mass is 9.79. The van der Waals surface area contributed by atoms with Gasteiger partial charge in [-0.25, -0.2) is 26.9 Å². The van der Waals surface area contributed by atoms with Crippen LogP contribution in [0.4, 0.5) is 8.78 Å². The van der Waals surface area contributed by atoms with E-state index in [1.54, 1.807) is 0 Å². The maximum absolute atomic E-state index is 14.9. The van der Waals surface area contributed by atoms with Crippen molar-refractivity contribution in [3.63, 3.8) is 0 Å². The Morgan fingerprint density at radius 2 is 2.12 bits per heavy atom. The summed E-state index contributed by atoms with van der Waals surface area (Å²) in [6.45, 7) is 0. The number of sulfonamides is 1. The van der Waals surface area contributed by atoms with E-state index >= 15 is 0 Å². The highest BCUT2D eigenvalue weighted by atomic mass is 35.5. The first-order valence-electron chi connectivity index (χ1n) is 10.2. The van der Waals surface area contributed by atoms with Crippen LogP contribution in [0.25, 0.3) is 11.3 Å². The molecular weight excluding hydrogens is 476 g/mol. The topological polar surface area (TPSA) is 105 Å². The summed E-state index contributed by atoms with van der Waals surface area (Å²) >= 11 is 5.87. The maximum Gasteiger partial charge on any atom is 0.208 e. The van der Waals surface area contributed by atoms with E-state index in [-0.39, 0.29) is 35.2 Å². The monoisotopic (exact) mass is 497 g/mol. The van der Waals surface area contributed by atoms with Gasteiger partial charge in [-0.2, -0.15) is 0 Å². The van der Waals surface area contributed by atoms with Crippen LogP contribution in [-0.2, 0) is 27.7 Å². The molecule has 2 N–H and O–H groups in total. The van der Waals surface area contributed by atoms with Crippen LogP contribution < -0.4 is 4.72 Å². The van der Waals surface area contributed by atoms with Gasteiger partial charge in [-0.05, 0) is 49.4 Å². The SMILES string of the molecule is CS(=O)(=O)N[C@H]1CC[C@](Cc2cc(-c3cccc(F)c3O)ncc2F)(c2nc(CCl)co2)C1. The Kier molecular flexibility index (Phi) is 6.43. The van der Waals surface area contributed by atoms with Crippen molar-refractivity contribution >= 4 is 21.6 Å². The van der Waals surface area contributed by atoms with E-state index in [0.717, 1.165) is 18.5 Å². The first-order chi connectivity index (χ1) is 15.6. The fraction of sp³-hybridized carbons (Fsp3) is 0.364. The number of pyridine rings is 1. The quantitative estimate of drug-likeness (QED) is 0.477. The van der Waals surface area contributed by atoms with Gasteiger partial charge in [-0.3, -0.25) is 4.98 Å². The standard InChI is InChI=1S/C22H22ClF2N3O4S/c1-33(30,31)28-14-5-6-22(9-14,21-27-15(10-23)12-32-21)8-13-7-19(26-11-18(13)25)16-3-2-4-17(24)20(16)29/h2-4,7,11-12,14,28-29H,5-6,8-10H2,1H3/t14-,22+/m0/s1. The Morgan fingerprint density at radius 3 is 2.82 bits per heavy atom. The smallest absolute Gasteiger partial charge is 0.208 e. The normalized spacial score (nSPS) is 20.9. The molecule has 0 saturated heterocycles. The molecule has 0 spiro atoms. The summed E-state index contributed by atoms with van der Waals surface area (Å²) < 4.78 is 60.5. The summed E-state index contributed by atoms with van der Waals surface area (Å²) in [4.78, 5) is 8.45. The first-order valence-corrected chi connectivity index (χ1v) is 12.6. The van der Waals surface area contributed by atoms with Gasteiger partial charge in [0.25, 0.3) is 0 Å². The Balaban J connectivity index is 1.73. The Labute approximate surface area is 194 Å². The molecule has 2 atom stereocenters. The first kappa shape index (κ1) is 23.6. The number of para-hydroxylation sites is 1. The number of nitrogens with zero attached hydrogens (tertiary/aromatic N) is 2. The van der Waals surface area contributed by atoms with Gasteiger partial charge in [0.1, 0.15) is 12.1 Å². The molecule has 0 aliphatic heterocycles. The summed E-state index contributed by atoms with van der Waals surface area (Å²) in [5.41, 5.74) is 0.321. The summed E-state index contributed by atoms with van der Waals surface area (Å²) in [6.07, 6.45) is 5.01. The van der Waals surface area contributed by atoms with Gasteiger partial charge in [-0.15, -0.1) is 11.6 Å². The van der Waals surface area contributed by atoms with Crippen LogP contribution in [-0.4, -0.2) is 35.8 Å². The predicted octanol–water partition coefficient (Wildman–Crippen LogP) is 4.04. The van der Waals surface area contributed by atoms with Crippen LogP contribution in [0.2, 0.25) is 0 Å². The molecule has 7 nitrogen and oxygen atoms in total. The molecule has 33 heavy (non-hydrogen) atoms. The number of aromatic nitrogens is 2. The van der Waals surface area contributed by atoms with E-state index in [1.807, 2.05) is 0 Å². The molecule has 2 aromatic heterocycles. The van der Waals surface area contributed by atoms with Crippen molar-refractivity contribution in [2.24, 2.45) is 0 Å². The van der Waals surface area contributed by atoms with Gasteiger partial charge >= 0.3 is 0 Å². The number of hydrogen-bond donors (Lipinski definition) is 2. The lowest BCUT2D eigenvalue weighted by molar-refractivity contribution is 0.315. The average Bonchev–Trinajstić information content (AvgIpc) is 3.39. The largest absolute Gasteiger partial charge is 0.504 e. The van der Waals surface area contributed by atoms with Gasteiger partial charge in [0, 0.05) is 11.6 Å². The number of halogens is 3. The second-order valence-corrected chi connectivity index (χ2v) is 10.4. The minimum absolute atomic E-state index is 0.133. The Bertz CT molecular complexity index is 1280. The minimum atomic E-state index is -3.44. The van der Waals surface area contributed by atoms with Crippen molar-refractivity contribution in [3.05, 3.63) is 65.5 Å². The predicted molar refractivity (Wildman–Crippen MR) is 118 cm³/mol. The van der Waals surface area contributed by atoms with E-state index in [2.05, 4.69) is 14.7 Å². The third-order valence-electron chi connectivity index (χ3n) is 5.86. The molecule has 4 rings (SSSR count). The number of nitrogens with one attached hydrogen (secondary N) is 1. The number of phenols is 1. The van der Waals surface area contributed by atoms with Crippen molar-refractivity contribution in [3.8, 4) is 17.0 Å². The maximum atomic E-state index is 14.9. The van der Waals surface area contributed by atoms with Crippen LogP contribution >= 0.6 is 11.6 Å². The van der Waals surface area contributed by atoms with Crippen molar-refractivity contribution in [2.75, 3.05) is 6.26 Å². The number of oxazole rings is 1. The van der Waals surface area contributed by atoms with Crippen molar-refractivity contribution in [1.82, 2.24) is 14.7 Å². The summed E-state index contributed by atoms with van der Waals surface area (Å²) in [5, 5.41) is 10.1. The van der Waals surface area contributed by atoms with Crippen molar-refractivity contribution < 1.29 is 26.7 Å². The van der Waals surface area contributed by atoms with E-state index in [0.29, 0.717) is 30.8 Å². The zero-order valence-corrected chi connectivity index (χ0v) is 19.3. The molecule has 176 valence electrons. The van der Waals surface area contributed by atoms with E-state index in [9.17, 15) is 22.3 Å². The molecule has 0 unspecified atom stereocenters. The third kappa shape index (κ3) is 5.02. The molecule has 0 radical (unpaired) electrons. The highest BCUT2D eigenvalue weighted by Gasteiger charge is 2.45. The van der Waals surface area contributed by atoms with Gasteiger partial charge in [-0.1, -0.05) is 6.07 Å². The molecule has 1 fully saturated rings. The van der Waals surface area contributed by atoms with Gasteiger partial charge in [0.2, 0.25) is 15.9 Å². The van der Waals surface area contributed by atoms with Crippen LogP contribution in [0, 0.1) is 11.6 Å². The minimum Gasteiger partial charge on any atom is -0.504 e. The molecule has 11 heteroatoms. The fourth-order valence-corrected chi connectivity index (χ4v) is 5.35. The zero-order chi connectivity index (χ0) is 23.8. The summed E-state index contributed by atoms with van der Waals surface area (Å²) in [7, 11) is -3.44. The van der Waals surface area contributed by atoms with E-state index < -0.39 is 32.8 Å². The van der Waals surface area contributed by atoms with Crippen LogP contribution in [0.5, 0.6) is 5.75 Å². The second-order valence-electron chi connectivity index (χ2n) is 8.36. The number of hydrogen-bond acceptors (Lipinski definition) is 6. The third-order valence-corrected chi connectivity index (χ3v) is 6.89. The number of aromatic hydroxyl groups is 1. The highest BCUT2D eigenvalue weighted by Crippen LogP contribution is 2.44. The van der Waals surface area contributed by atoms with Gasteiger partial charge in [0.05, 0.1) is 35.1 Å². The number of phenolic OH excluding ortho intramolecular Hbond substituents is 1. The Hall–Kier alpha value is -2.56. The Morgan fingerprint density at radius 1 is 1.33 bits per heavy atom. The number of rotatable bonds is 7.